The molecular weight excluding hydrogens is 281 g/mol. The van der Waals surface area contributed by atoms with Crippen LogP contribution >= 0.6 is 0 Å². The molecule has 116 valence electrons. The average Bonchev–Trinajstić information content (AvgIpc) is 2.46. The van der Waals surface area contributed by atoms with E-state index >= 15 is 0 Å². The molecule has 2 N–H and O–H groups in total. The second-order valence-electron chi connectivity index (χ2n) is 4.95. The first-order valence-corrected chi connectivity index (χ1v) is 6.58. The van der Waals surface area contributed by atoms with E-state index in [2.05, 4.69) is 0 Å². The SMILES string of the molecule is COc1cc(N2CCOC(C(C)N)C2)c(F)cc1[N+](=O)[O-]. The first-order chi connectivity index (χ1) is 9.93. The number of hydrogen-bond acceptors (Lipinski definition) is 6. The molecule has 2 atom stereocenters. The number of nitrogens with zero attached hydrogens (tertiary/aromatic N) is 2. The summed E-state index contributed by atoms with van der Waals surface area (Å²) in [6.45, 7) is 3.16. The van der Waals surface area contributed by atoms with Gasteiger partial charge in [0.05, 0.1) is 36.5 Å². The predicted molar refractivity (Wildman–Crippen MR) is 75.2 cm³/mol. The molecule has 8 heteroatoms. The first kappa shape index (κ1) is 15.5. The highest BCUT2D eigenvalue weighted by atomic mass is 19.1. The van der Waals surface area contributed by atoms with Gasteiger partial charge in [-0.25, -0.2) is 4.39 Å². The maximum atomic E-state index is 14.2. The maximum absolute atomic E-state index is 14.2. The summed E-state index contributed by atoms with van der Waals surface area (Å²) in [7, 11) is 1.31. The third-order valence-electron chi connectivity index (χ3n) is 3.47. The van der Waals surface area contributed by atoms with E-state index in [9.17, 15) is 14.5 Å². The zero-order valence-corrected chi connectivity index (χ0v) is 11.9. The highest BCUT2D eigenvalue weighted by Crippen LogP contribution is 2.34. The lowest BCUT2D eigenvalue weighted by atomic mass is 10.1. The molecule has 1 aliphatic rings. The van der Waals surface area contributed by atoms with Crippen LogP contribution in [0, 0.1) is 15.9 Å². The van der Waals surface area contributed by atoms with Crippen molar-refractivity contribution in [1.29, 1.82) is 0 Å². The number of nitro benzene ring substituents is 1. The molecule has 0 radical (unpaired) electrons. The topological polar surface area (TPSA) is 90.9 Å². The fraction of sp³-hybridized carbons (Fsp3) is 0.538. The third-order valence-corrected chi connectivity index (χ3v) is 3.47. The monoisotopic (exact) mass is 299 g/mol. The number of halogens is 1. The highest BCUT2D eigenvalue weighted by Gasteiger charge is 2.27. The minimum absolute atomic E-state index is 0.0280. The quantitative estimate of drug-likeness (QED) is 0.665. The van der Waals surface area contributed by atoms with Crippen LogP contribution in [0.4, 0.5) is 15.8 Å². The molecule has 0 aromatic heterocycles. The smallest absolute Gasteiger partial charge is 0.313 e. The van der Waals surface area contributed by atoms with Gasteiger partial charge in [-0.2, -0.15) is 0 Å². The Hall–Kier alpha value is -1.93. The van der Waals surface area contributed by atoms with E-state index in [1.807, 2.05) is 6.92 Å². The molecule has 0 aliphatic carbocycles. The van der Waals surface area contributed by atoms with Crippen LogP contribution in [0.1, 0.15) is 6.92 Å². The van der Waals surface area contributed by atoms with Gasteiger partial charge in [0.15, 0.2) is 11.6 Å². The molecule has 0 spiro atoms. The molecule has 1 fully saturated rings. The maximum Gasteiger partial charge on any atom is 0.313 e. The summed E-state index contributed by atoms with van der Waals surface area (Å²) in [6, 6.07) is 2.04. The Balaban J connectivity index is 2.33. The molecule has 0 saturated carbocycles. The summed E-state index contributed by atoms with van der Waals surface area (Å²) in [5.41, 5.74) is 5.67. The Kier molecular flexibility index (Phi) is 4.59. The lowest BCUT2D eigenvalue weighted by Crippen LogP contribution is -2.49. The van der Waals surface area contributed by atoms with Crippen LogP contribution in [0.2, 0.25) is 0 Å². The number of morpholine rings is 1. The lowest BCUT2D eigenvalue weighted by Gasteiger charge is -2.36. The second-order valence-corrected chi connectivity index (χ2v) is 4.95. The molecule has 1 saturated heterocycles. The minimum Gasteiger partial charge on any atom is -0.490 e. The Morgan fingerprint density at radius 2 is 2.33 bits per heavy atom. The zero-order chi connectivity index (χ0) is 15.6. The first-order valence-electron chi connectivity index (χ1n) is 6.58. The number of nitrogens with two attached hydrogens (primary N) is 1. The Bertz CT molecular complexity index is 538. The van der Waals surface area contributed by atoms with Crippen molar-refractivity contribution < 1.29 is 18.8 Å². The van der Waals surface area contributed by atoms with Gasteiger partial charge in [0.25, 0.3) is 0 Å². The van der Waals surface area contributed by atoms with Gasteiger partial charge in [-0.3, -0.25) is 10.1 Å². The van der Waals surface area contributed by atoms with Gasteiger partial charge in [-0.05, 0) is 6.92 Å². The van der Waals surface area contributed by atoms with Crippen LogP contribution in [0.5, 0.6) is 5.75 Å². The summed E-state index contributed by atoms with van der Waals surface area (Å²) in [5, 5.41) is 10.9. The van der Waals surface area contributed by atoms with Gasteiger partial charge in [-0.15, -0.1) is 0 Å². The number of hydrogen-bond donors (Lipinski definition) is 1. The van der Waals surface area contributed by atoms with Crippen molar-refractivity contribution in [2.24, 2.45) is 5.73 Å². The average molecular weight is 299 g/mol. The van der Waals surface area contributed by atoms with Crippen LogP contribution in [-0.2, 0) is 4.74 Å². The minimum atomic E-state index is -0.671. The second kappa shape index (κ2) is 6.23. The Morgan fingerprint density at radius 1 is 1.62 bits per heavy atom. The van der Waals surface area contributed by atoms with Crippen LogP contribution < -0.4 is 15.4 Å². The molecular formula is C13H18FN3O4. The van der Waals surface area contributed by atoms with E-state index in [1.165, 1.54) is 13.2 Å². The number of rotatable bonds is 4. The number of methoxy groups -OCH3 is 1. The molecule has 2 unspecified atom stereocenters. The summed E-state index contributed by atoms with van der Waals surface area (Å²) >= 11 is 0. The van der Waals surface area contributed by atoms with E-state index < -0.39 is 16.4 Å². The summed E-state index contributed by atoms with van der Waals surface area (Å²) < 4.78 is 24.7. The molecule has 0 bridgehead atoms. The van der Waals surface area contributed by atoms with E-state index in [-0.39, 0.29) is 23.6 Å². The summed E-state index contributed by atoms with van der Waals surface area (Å²) in [6.07, 6.45) is -0.209. The van der Waals surface area contributed by atoms with E-state index in [0.717, 1.165) is 6.07 Å². The van der Waals surface area contributed by atoms with Crippen LogP contribution in [-0.4, -0.2) is 43.9 Å². The number of ether oxygens (including phenoxy) is 2. The zero-order valence-electron chi connectivity index (χ0n) is 11.9. The summed E-state index contributed by atoms with van der Waals surface area (Å²) in [5.74, 6) is -0.631. The van der Waals surface area contributed by atoms with Crippen LogP contribution in [0.15, 0.2) is 12.1 Å². The summed E-state index contributed by atoms with van der Waals surface area (Å²) in [4.78, 5) is 12.0. The van der Waals surface area contributed by atoms with Gasteiger partial charge < -0.3 is 20.1 Å². The number of anilines is 1. The molecule has 2 rings (SSSR count). The fourth-order valence-electron chi connectivity index (χ4n) is 2.29. The number of nitro groups is 1. The largest absolute Gasteiger partial charge is 0.490 e. The molecule has 1 heterocycles. The van der Waals surface area contributed by atoms with E-state index in [0.29, 0.717) is 19.7 Å². The molecule has 0 amide bonds. The van der Waals surface area contributed by atoms with Crippen molar-refractivity contribution in [3.8, 4) is 5.75 Å². The van der Waals surface area contributed by atoms with Gasteiger partial charge >= 0.3 is 5.69 Å². The third kappa shape index (κ3) is 3.22. The van der Waals surface area contributed by atoms with Crippen molar-refractivity contribution >= 4 is 11.4 Å². The Labute approximate surface area is 121 Å². The highest BCUT2D eigenvalue weighted by molar-refractivity contribution is 5.60. The van der Waals surface area contributed by atoms with Crippen molar-refractivity contribution in [1.82, 2.24) is 0 Å². The van der Waals surface area contributed by atoms with Gasteiger partial charge in [-0.1, -0.05) is 0 Å². The van der Waals surface area contributed by atoms with Crippen LogP contribution in [0.25, 0.3) is 0 Å². The van der Waals surface area contributed by atoms with Crippen molar-refractivity contribution in [3.63, 3.8) is 0 Å². The standard InChI is InChI=1S/C13H18FN3O4/c1-8(15)13-7-16(3-4-21-13)10-6-12(20-2)11(17(18)19)5-9(10)14/h5-6,8,13H,3-4,7,15H2,1-2H3. The number of benzene rings is 1. The molecule has 7 nitrogen and oxygen atoms in total. The molecule has 1 aromatic carbocycles. The van der Waals surface area contributed by atoms with Crippen molar-refractivity contribution in [2.75, 3.05) is 31.7 Å². The van der Waals surface area contributed by atoms with E-state index in [4.69, 9.17) is 15.2 Å². The lowest BCUT2D eigenvalue weighted by molar-refractivity contribution is -0.385. The Morgan fingerprint density at radius 3 is 2.90 bits per heavy atom. The van der Waals surface area contributed by atoms with Crippen molar-refractivity contribution in [3.05, 3.63) is 28.1 Å². The fourth-order valence-corrected chi connectivity index (χ4v) is 2.29. The van der Waals surface area contributed by atoms with Gasteiger partial charge in [0.1, 0.15) is 0 Å². The predicted octanol–water partition coefficient (Wildman–Crippen LogP) is 1.29. The molecule has 1 aromatic rings. The van der Waals surface area contributed by atoms with Gasteiger partial charge in [0.2, 0.25) is 0 Å². The van der Waals surface area contributed by atoms with E-state index in [1.54, 1.807) is 4.90 Å². The normalized spacial score (nSPS) is 20.2. The molecule has 21 heavy (non-hydrogen) atoms. The van der Waals surface area contributed by atoms with Gasteiger partial charge in [0, 0.05) is 25.2 Å². The molecule has 1 aliphatic heterocycles. The van der Waals surface area contributed by atoms with Crippen molar-refractivity contribution in [2.45, 2.75) is 19.1 Å². The van der Waals surface area contributed by atoms with Crippen LogP contribution in [0.3, 0.4) is 0 Å².